The maximum absolute atomic E-state index is 5.33. The van der Waals surface area contributed by atoms with E-state index in [2.05, 4.69) is 33.3 Å². The van der Waals surface area contributed by atoms with E-state index >= 15 is 0 Å². The number of rotatable bonds is 3. The van der Waals surface area contributed by atoms with Crippen LogP contribution in [0.15, 0.2) is 18.3 Å². The van der Waals surface area contributed by atoms with Gasteiger partial charge in [-0.1, -0.05) is 0 Å². The third-order valence-electron chi connectivity index (χ3n) is 3.96. The first-order valence-corrected chi connectivity index (χ1v) is 6.82. The van der Waals surface area contributed by atoms with Crippen LogP contribution < -0.4 is 4.74 Å². The van der Waals surface area contributed by atoms with E-state index in [-0.39, 0.29) is 0 Å². The lowest BCUT2D eigenvalue weighted by Crippen LogP contribution is -2.28. The summed E-state index contributed by atoms with van der Waals surface area (Å²) in [6.45, 7) is 6.69. The average molecular weight is 260 g/mol. The van der Waals surface area contributed by atoms with E-state index in [1.165, 1.54) is 0 Å². The topological polar surface area (TPSA) is 42.7 Å². The molecule has 0 radical (unpaired) electrons. The molecule has 102 valence electrons. The Labute approximate surface area is 113 Å². The molecular formula is C14H20N4O. The zero-order valence-electron chi connectivity index (χ0n) is 11.7. The van der Waals surface area contributed by atoms with Crippen LogP contribution in [0.1, 0.15) is 32.0 Å². The smallest absolute Gasteiger partial charge is 0.203 e. The monoisotopic (exact) mass is 260 g/mol. The number of likely N-dealkylation sites (tertiary alicyclic amines) is 1. The Kier molecular flexibility index (Phi) is 3.14. The van der Waals surface area contributed by atoms with Crippen LogP contribution in [0.4, 0.5) is 0 Å². The molecule has 1 fully saturated rings. The number of hydrogen-bond acceptors (Lipinski definition) is 4. The SMILES string of the molecule is COc1cccn2c(C3CCN(C(C)C)C3)nnc12. The van der Waals surface area contributed by atoms with Gasteiger partial charge in [-0.3, -0.25) is 4.40 Å². The van der Waals surface area contributed by atoms with E-state index in [0.717, 1.165) is 36.7 Å². The zero-order chi connectivity index (χ0) is 13.4. The van der Waals surface area contributed by atoms with Gasteiger partial charge in [-0.15, -0.1) is 10.2 Å². The summed E-state index contributed by atoms with van der Waals surface area (Å²) in [5.74, 6) is 2.29. The minimum Gasteiger partial charge on any atom is -0.493 e. The van der Waals surface area contributed by atoms with Crippen LogP contribution >= 0.6 is 0 Å². The van der Waals surface area contributed by atoms with Crippen molar-refractivity contribution < 1.29 is 4.74 Å². The molecule has 1 saturated heterocycles. The number of pyridine rings is 1. The molecule has 1 aliphatic rings. The fourth-order valence-electron chi connectivity index (χ4n) is 2.81. The Balaban J connectivity index is 1.94. The maximum atomic E-state index is 5.33. The minimum atomic E-state index is 0.463. The Morgan fingerprint density at radius 1 is 1.37 bits per heavy atom. The molecule has 0 bridgehead atoms. The number of methoxy groups -OCH3 is 1. The molecule has 0 aliphatic carbocycles. The number of fused-ring (bicyclic) bond motifs is 1. The van der Waals surface area contributed by atoms with E-state index in [1.54, 1.807) is 7.11 Å². The lowest BCUT2D eigenvalue weighted by molar-refractivity contribution is 0.271. The number of aromatic nitrogens is 3. The molecule has 0 saturated carbocycles. The first-order valence-electron chi connectivity index (χ1n) is 6.82. The summed E-state index contributed by atoms with van der Waals surface area (Å²) in [6.07, 6.45) is 3.17. The third kappa shape index (κ3) is 2.08. The highest BCUT2D eigenvalue weighted by molar-refractivity contribution is 5.53. The third-order valence-corrected chi connectivity index (χ3v) is 3.96. The molecule has 1 aliphatic heterocycles. The predicted molar refractivity (Wildman–Crippen MR) is 73.6 cm³/mol. The Morgan fingerprint density at radius 2 is 2.21 bits per heavy atom. The molecule has 3 heterocycles. The minimum absolute atomic E-state index is 0.463. The average Bonchev–Trinajstić information content (AvgIpc) is 3.04. The summed E-state index contributed by atoms with van der Waals surface area (Å²) in [5, 5.41) is 8.66. The van der Waals surface area contributed by atoms with Crippen LogP contribution in [0.2, 0.25) is 0 Å². The quantitative estimate of drug-likeness (QED) is 0.846. The molecule has 19 heavy (non-hydrogen) atoms. The van der Waals surface area contributed by atoms with Crippen LogP contribution in [-0.2, 0) is 0 Å². The molecule has 5 nitrogen and oxygen atoms in total. The van der Waals surface area contributed by atoms with Crippen molar-refractivity contribution in [2.75, 3.05) is 20.2 Å². The van der Waals surface area contributed by atoms with Crippen molar-refractivity contribution in [2.24, 2.45) is 0 Å². The van der Waals surface area contributed by atoms with E-state index < -0.39 is 0 Å². The van der Waals surface area contributed by atoms with Gasteiger partial charge < -0.3 is 9.64 Å². The summed E-state index contributed by atoms with van der Waals surface area (Å²) in [4.78, 5) is 2.49. The first kappa shape index (κ1) is 12.4. The van der Waals surface area contributed by atoms with Crippen molar-refractivity contribution >= 4 is 5.65 Å². The second-order valence-electron chi connectivity index (χ2n) is 5.40. The molecular weight excluding hydrogens is 240 g/mol. The summed E-state index contributed by atoms with van der Waals surface area (Å²) < 4.78 is 7.39. The normalized spacial score (nSPS) is 20.5. The van der Waals surface area contributed by atoms with Crippen LogP contribution in [0.3, 0.4) is 0 Å². The van der Waals surface area contributed by atoms with Gasteiger partial charge in [0.15, 0.2) is 5.75 Å². The molecule has 2 aromatic heterocycles. The lowest BCUT2D eigenvalue weighted by Gasteiger charge is -2.19. The van der Waals surface area contributed by atoms with E-state index in [9.17, 15) is 0 Å². The van der Waals surface area contributed by atoms with E-state index in [0.29, 0.717) is 12.0 Å². The van der Waals surface area contributed by atoms with Gasteiger partial charge in [0.2, 0.25) is 5.65 Å². The fraction of sp³-hybridized carbons (Fsp3) is 0.571. The van der Waals surface area contributed by atoms with Crippen LogP contribution in [0.5, 0.6) is 5.75 Å². The van der Waals surface area contributed by atoms with E-state index in [1.807, 2.05) is 18.3 Å². The van der Waals surface area contributed by atoms with Gasteiger partial charge in [0, 0.05) is 24.7 Å². The zero-order valence-corrected chi connectivity index (χ0v) is 11.7. The molecule has 5 heteroatoms. The highest BCUT2D eigenvalue weighted by Gasteiger charge is 2.29. The Morgan fingerprint density at radius 3 is 2.89 bits per heavy atom. The van der Waals surface area contributed by atoms with Gasteiger partial charge in [0.25, 0.3) is 0 Å². The number of hydrogen-bond donors (Lipinski definition) is 0. The summed E-state index contributed by atoms with van der Waals surface area (Å²) in [5.41, 5.74) is 0.808. The molecule has 1 unspecified atom stereocenters. The van der Waals surface area contributed by atoms with Crippen molar-refractivity contribution in [3.8, 4) is 5.75 Å². The summed E-state index contributed by atoms with van der Waals surface area (Å²) in [6, 6.07) is 4.50. The van der Waals surface area contributed by atoms with Gasteiger partial charge in [-0.25, -0.2) is 0 Å². The first-order chi connectivity index (χ1) is 9.20. The highest BCUT2D eigenvalue weighted by atomic mass is 16.5. The molecule has 0 N–H and O–H groups in total. The molecule has 1 atom stereocenters. The van der Waals surface area contributed by atoms with Gasteiger partial charge in [0.05, 0.1) is 7.11 Å². The second-order valence-corrected chi connectivity index (χ2v) is 5.40. The molecule has 0 aromatic carbocycles. The van der Waals surface area contributed by atoms with E-state index in [4.69, 9.17) is 4.74 Å². The van der Waals surface area contributed by atoms with Gasteiger partial charge in [-0.2, -0.15) is 0 Å². The molecule has 2 aromatic rings. The summed E-state index contributed by atoms with van der Waals surface area (Å²) >= 11 is 0. The lowest BCUT2D eigenvalue weighted by atomic mass is 10.1. The number of ether oxygens (including phenoxy) is 1. The van der Waals surface area contributed by atoms with Crippen molar-refractivity contribution in [1.82, 2.24) is 19.5 Å². The Hall–Kier alpha value is -1.62. The van der Waals surface area contributed by atoms with Gasteiger partial charge in [0.1, 0.15) is 5.82 Å². The van der Waals surface area contributed by atoms with Crippen molar-refractivity contribution in [2.45, 2.75) is 32.2 Å². The van der Waals surface area contributed by atoms with Gasteiger partial charge in [-0.05, 0) is 38.9 Å². The largest absolute Gasteiger partial charge is 0.493 e. The van der Waals surface area contributed by atoms with Crippen LogP contribution in [0, 0.1) is 0 Å². The van der Waals surface area contributed by atoms with Crippen molar-refractivity contribution in [3.05, 3.63) is 24.2 Å². The Bertz CT molecular complexity index is 578. The van der Waals surface area contributed by atoms with Crippen LogP contribution in [-0.4, -0.2) is 45.7 Å². The second kappa shape index (κ2) is 4.81. The fourth-order valence-corrected chi connectivity index (χ4v) is 2.81. The highest BCUT2D eigenvalue weighted by Crippen LogP contribution is 2.29. The molecule has 0 amide bonds. The number of nitrogens with zero attached hydrogens (tertiary/aromatic N) is 4. The molecule has 3 rings (SSSR count). The standard InChI is InChI=1S/C14H20N4O/c1-10(2)17-8-6-11(9-17)13-15-16-14-12(19-3)5-4-7-18(13)14/h4-5,7,10-11H,6,8-9H2,1-3H3. The predicted octanol–water partition coefficient (Wildman–Crippen LogP) is 1.94. The maximum Gasteiger partial charge on any atom is 0.203 e. The van der Waals surface area contributed by atoms with Crippen molar-refractivity contribution in [1.29, 1.82) is 0 Å². The van der Waals surface area contributed by atoms with Gasteiger partial charge >= 0.3 is 0 Å². The van der Waals surface area contributed by atoms with Crippen LogP contribution in [0.25, 0.3) is 5.65 Å². The summed E-state index contributed by atoms with van der Waals surface area (Å²) in [7, 11) is 1.67. The van der Waals surface area contributed by atoms with Crippen molar-refractivity contribution in [3.63, 3.8) is 0 Å². The molecule has 0 spiro atoms.